The van der Waals surface area contributed by atoms with Crippen LogP contribution in [0.3, 0.4) is 0 Å². The lowest BCUT2D eigenvalue weighted by molar-refractivity contribution is -0.140. The molecule has 2 N–H and O–H groups in total. The van der Waals surface area contributed by atoms with Gasteiger partial charge in [0.1, 0.15) is 0 Å². The summed E-state index contributed by atoms with van der Waals surface area (Å²) >= 11 is 0. The van der Waals surface area contributed by atoms with Gasteiger partial charge in [-0.25, -0.2) is 9.59 Å². The van der Waals surface area contributed by atoms with E-state index in [1.807, 2.05) is 0 Å². The van der Waals surface area contributed by atoms with Crippen LogP contribution in [0.15, 0.2) is 0 Å². The first kappa shape index (κ1) is 11.7. The molecule has 0 unspecified atom stereocenters. The zero-order valence-corrected chi connectivity index (χ0v) is 7.57. The zero-order valence-electron chi connectivity index (χ0n) is 7.57. The second-order valence-electron chi connectivity index (χ2n) is 2.19. The number of carboxylic acids is 1. The molecule has 0 radical (unpaired) electrons. The van der Waals surface area contributed by atoms with Crippen LogP contribution in [0.1, 0.15) is 6.92 Å². The number of amides is 1. The number of carbonyl (C=O) groups is 2. The maximum Gasteiger partial charge on any atom is 0.407 e. The third kappa shape index (κ3) is 5.02. The van der Waals surface area contributed by atoms with Crippen LogP contribution >= 0.6 is 0 Å². The van der Waals surface area contributed by atoms with E-state index in [2.05, 4.69) is 10.1 Å². The molecule has 1 atom stereocenters. The molecule has 0 spiro atoms. The van der Waals surface area contributed by atoms with Gasteiger partial charge >= 0.3 is 12.1 Å². The Labute approximate surface area is 75.8 Å². The number of alkyl carbamates (subject to hydrolysis) is 1. The van der Waals surface area contributed by atoms with Crippen molar-refractivity contribution >= 4 is 12.1 Å². The van der Waals surface area contributed by atoms with E-state index in [9.17, 15) is 9.59 Å². The molecule has 6 heteroatoms. The molecule has 0 aromatic rings. The highest BCUT2D eigenvalue weighted by atomic mass is 16.5. The Kier molecular flexibility index (Phi) is 5.62. The molecule has 0 aromatic carbocycles. The minimum Gasteiger partial charge on any atom is -0.480 e. The van der Waals surface area contributed by atoms with Crippen molar-refractivity contribution in [3.8, 4) is 0 Å². The van der Waals surface area contributed by atoms with Gasteiger partial charge < -0.3 is 19.9 Å². The molecule has 0 fully saturated rings. The second kappa shape index (κ2) is 6.24. The van der Waals surface area contributed by atoms with Gasteiger partial charge in [0.2, 0.25) is 0 Å². The maximum atomic E-state index is 10.6. The van der Waals surface area contributed by atoms with E-state index in [0.717, 1.165) is 7.11 Å². The molecule has 0 aliphatic heterocycles. The van der Waals surface area contributed by atoms with E-state index in [4.69, 9.17) is 9.84 Å². The molecular formula is C7H13NO5. The SMILES string of the molecule is CCOC[C@H](NC(=O)OC)C(=O)O. The van der Waals surface area contributed by atoms with E-state index >= 15 is 0 Å². The molecule has 13 heavy (non-hydrogen) atoms. The predicted molar refractivity (Wildman–Crippen MR) is 43.5 cm³/mol. The number of carbonyl (C=O) groups excluding carboxylic acids is 1. The van der Waals surface area contributed by atoms with Crippen LogP contribution < -0.4 is 5.32 Å². The van der Waals surface area contributed by atoms with E-state index in [-0.39, 0.29) is 6.61 Å². The van der Waals surface area contributed by atoms with Crippen molar-refractivity contribution in [3.05, 3.63) is 0 Å². The molecule has 0 aliphatic rings. The summed E-state index contributed by atoms with van der Waals surface area (Å²) in [5.74, 6) is -1.15. The molecule has 0 aliphatic carbocycles. The van der Waals surface area contributed by atoms with Gasteiger partial charge in [0.15, 0.2) is 6.04 Å². The van der Waals surface area contributed by atoms with Gasteiger partial charge in [-0.2, -0.15) is 0 Å². The van der Waals surface area contributed by atoms with Crippen molar-refractivity contribution in [3.63, 3.8) is 0 Å². The van der Waals surface area contributed by atoms with Gasteiger partial charge in [-0.05, 0) is 6.92 Å². The number of nitrogens with one attached hydrogen (secondary N) is 1. The average molecular weight is 191 g/mol. The summed E-state index contributed by atoms with van der Waals surface area (Å²) in [6.07, 6.45) is -0.785. The zero-order chi connectivity index (χ0) is 10.3. The average Bonchev–Trinajstić information content (AvgIpc) is 2.11. The number of aliphatic carboxylic acids is 1. The second-order valence-corrected chi connectivity index (χ2v) is 2.19. The molecule has 76 valence electrons. The number of rotatable bonds is 5. The van der Waals surface area contributed by atoms with Crippen LogP contribution in [-0.4, -0.2) is 43.5 Å². The molecular weight excluding hydrogens is 178 g/mol. The van der Waals surface area contributed by atoms with Crippen LogP contribution in [-0.2, 0) is 14.3 Å². The standard InChI is InChI=1S/C7H13NO5/c1-3-13-4-5(6(9)10)8-7(11)12-2/h5H,3-4H2,1-2H3,(H,8,11)(H,9,10)/t5-/m0/s1. The monoisotopic (exact) mass is 191 g/mol. The predicted octanol–water partition coefficient (Wildman–Crippen LogP) is -0.168. The van der Waals surface area contributed by atoms with Crippen LogP contribution in [0.25, 0.3) is 0 Å². The molecule has 0 heterocycles. The first-order chi connectivity index (χ1) is 6.11. The quantitative estimate of drug-likeness (QED) is 0.630. The molecule has 1 amide bonds. The fourth-order valence-electron chi connectivity index (χ4n) is 0.612. The highest BCUT2D eigenvalue weighted by Gasteiger charge is 2.19. The number of hydrogen-bond donors (Lipinski definition) is 2. The highest BCUT2D eigenvalue weighted by Crippen LogP contribution is 1.88. The Hall–Kier alpha value is -1.30. The van der Waals surface area contributed by atoms with Crippen molar-refractivity contribution < 1.29 is 24.2 Å². The Morgan fingerprint density at radius 3 is 2.54 bits per heavy atom. The summed E-state index contributed by atoms with van der Waals surface area (Å²) in [6, 6.07) is -1.06. The number of carboxylic acid groups (broad SMARTS) is 1. The summed E-state index contributed by atoms with van der Waals surface area (Å²) in [5, 5.41) is 10.7. The summed E-state index contributed by atoms with van der Waals surface area (Å²) in [7, 11) is 1.16. The van der Waals surface area contributed by atoms with Gasteiger partial charge in [0.25, 0.3) is 0 Å². The Bertz CT molecular complexity index is 182. The topological polar surface area (TPSA) is 84.9 Å². The Morgan fingerprint density at radius 2 is 2.15 bits per heavy atom. The van der Waals surface area contributed by atoms with Crippen LogP contribution in [0.4, 0.5) is 4.79 Å². The largest absolute Gasteiger partial charge is 0.480 e. The molecule has 0 rings (SSSR count). The molecule has 0 saturated heterocycles. The highest BCUT2D eigenvalue weighted by molar-refractivity contribution is 5.79. The van der Waals surface area contributed by atoms with E-state index in [1.54, 1.807) is 6.92 Å². The number of hydrogen-bond acceptors (Lipinski definition) is 4. The van der Waals surface area contributed by atoms with Gasteiger partial charge in [-0.3, -0.25) is 0 Å². The minimum atomic E-state index is -1.15. The number of methoxy groups -OCH3 is 1. The van der Waals surface area contributed by atoms with Gasteiger partial charge in [-0.1, -0.05) is 0 Å². The normalized spacial score (nSPS) is 11.8. The molecule has 0 saturated carbocycles. The van der Waals surface area contributed by atoms with E-state index in [0.29, 0.717) is 6.61 Å². The summed E-state index contributed by atoms with van der Waals surface area (Å²) < 4.78 is 9.09. The minimum absolute atomic E-state index is 0.0685. The summed E-state index contributed by atoms with van der Waals surface area (Å²) in [5.41, 5.74) is 0. The fraction of sp³-hybridized carbons (Fsp3) is 0.714. The molecule has 0 bridgehead atoms. The third-order valence-corrected chi connectivity index (χ3v) is 1.26. The van der Waals surface area contributed by atoms with E-state index < -0.39 is 18.1 Å². The van der Waals surface area contributed by atoms with Crippen molar-refractivity contribution in [2.45, 2.75) is 13.0 Å². The maximum absolute atomic E-state index is 10.6. The third-order valence-electron chi connectivity index (χ3n) is 1.26. The number of ether oxygens (including phenoxy) is 2. The Morgan fingerprint density at radius 1 is 1.54 bits per heavy atom. The lowest BCUT2D eigenvalue weighted by Gasteiger charge is -2.12. The van der Waals surface area contributed by atoms with Crippen molar-refractivity contribution in [2.75, 3.05) is 20.3 Å². The molecule has 0 aromatic heterocycles. The van der Waals surface area contributed by atoms with E-state index in [1.165, 1.54) is 0 Å². The summed E-state index contributed by atoms with van der Waals surface area (Å²) in [6.45, 7) is 2.06. The van der Waals surface area contributed by atoms with Crippen LogP contribution in [0.2, 0.25) is 0 Å². The molecule has 6 nitrogen and oxygen atoms in total. The Balaban J connectivity index is 3.94. The van der Waals surface area contributed by atoms with Crippen molar-refractivity contribution in [1.29, 1.82) is 0 Å². The van der Waals surface area contributed by atoms with Crippen LogP contribution in [0, 0.1) is 0 Å². The van der Waals surface area contributed by atoms with Gasteiger partial charge in [-0.15, -0.1) is 0 Å². The first-order valence-electron chi connectivity index (χ1n) is 3.76. The first-order valence-corrected chi connectivity index (χ1v) is 3.76. The van der Waals surface area contributed by atoms with Gasteiger partial charge in [0, 0.05) is 6.61 Å². The van der Waals surface area contributed by atoms with Crippen molar-refractivity contribution in [2.24, 2.45) is 0 Å². The van der Waals surface area contributed by atoms with Crippen LogP contribution in [0.5, 0.6) is 0 Å². The van der Waals surface area contributed by atoms with Crippen molar-refractivity contribution in [1.82, 2.24) is 5.32 Å². The lowest BCUT2D eigenvalue weighted by Crippen LogP contribution is -2.43. The lowest BCUT2D eigenvalue weighted by atomic mass is 10.3. The smallest absolute Gasteiger partial charge is 0.407 e. The van der Waals surface area contributed by atoms with Gasteiger partial charge in [0.05, 0.1) is 13.7 Å². The summed E-state index contributed by atoms with van der Waals surface area (Å²) in [4.78, 5) is 21.1. The fourth-order valence-corrected chi connectivity index (χ4v) is 0.612.